The molecule has 0 spiro atoms. The molecule has 1 aliphatic carbocycles. The summed E-state index contributed by atoms with van der Waals surface area (Å²) in [5, 5.41) is 0. The van der Waals surface area contributed by atoms with Crippen LogP contribution in [0.4, 0.5) is 5.82 Å². The van der Waals surface area contributed by atoms with E-state index in [0.717, 1.165) is 37.0 Å². The van der Waals surface area contributed by atoms with Crippen LogP contribution in [0.5, 0.6) is 0 Å². The Labute approximate surface area is 95.5 Å². The molecule has 3 rings (SSSR count). The number of pyridine rings is 1. The minimum Gasteiger partial charge on any atom is -0.356 e. The highest BCUT2D eigenvalue weighted by Crippen LogP contribution is 2.38. The fourth-order valence-electron chi connectivity index (χ4n) is 3.08. The van der Waals surface area contributed by atoms with Gasteiger partial charge in [-0.15, -0.1) is 0 Å². The van der Waals surface area contributed by atoms with Crippen molar-refractivity contribution in [3.63, 3.8) is 0 Å². The molecule has 16 heavy (non-hydrogen) atoms. The number of hydrogen-bond acceptors (Lipinski definition) is 3. The van der Waals surface area contributed by atoms with E-state index in [0.29, 0.717) is 5.56 Å². The van der Waals surface area contributed by atoms with Gasteiger partial charge in [-0.1, -0.05) is 6.42 Å². The van der Waals surface area contributed by atoms with Crippen molar-refractivity contribution in [3.05, 3.63) is 23.9 Å². The monoisotopic (exact) mass is 216 g/mol. The van der Waals surface area contributed by atoms with Crippen LogP contribution in [0.25, 0.3) is 0 Å². The van der Waals surface area contributed by atoms with Gasteiger partial charge >= 0.3 is 0 Å². The summed E-state index contributed by atoms with van der Waals surface area (Å²) in [7, 11) is 0. The van der Waals surface area contributed by atoms with Crippen molar-refractivity contribution < 1.29 is 4.79 Å². The van der Waals surface area contributed by atoms with E-state index in [1.807, 2.05) is 12.1 Å². The number of hydrogen-bond donors (Lipinski definition) is 0. The first-order valence-electron chi connectivity index (χ1n) is 6.03. The Hall–Kier alpha value is -1.38. The summed E-state index contributed by atoms with van der Waals surface area (Å²) in [6.07, 6.45) is 6.67. The molecule has 2 atom stereocenters. The third-order valence-electron chi connectivity index (χ3n) is 3.96. The molecule has 1 aromatic heterocycles. The summed E-state index contributed by atoms with van der Waals surface area (Å²) in [6, 6.07) is 3.81. The SMILES string of the molecule is O=Cc1ccc(N2CC3CCCC3C2)nc1. The molecule has 2 unspecified atom stereocenters. The standard InChI is InChI=1S/C13H16N2O/c16-9-10-4-5-13(14-6-10)15-7-11-2-1-3-12(11)8-15/h4-6,9,11-12H,1-3,7-8H2. The predicted molar refractivity (Wildman–Crippen MR) is 62.7 cm³/mol. The number of rotatable bonds is 2. The summed E-state index contributed by atoms with van der Waals surface area (Å²) in [6.45, 7) is 2.30. The van der Waals surface area contributed by atoms with Crippen molar-refractivity contribution in [1.82, 2.24) is 4.98 Å². The second kappa shape index (κ2) is 3.89. The Bertz CT molecular complexity index is 375. The van der Waals surface area contributed by atoms with Gasteiger partial charge in [0.15, 0.2) is 6.29 Å². The lowest BCUT2D eigenvalue weighted by Gasteiger charge is -2.18. The molecule has 0 amide bonds. The zero-order chi connectivity index (χ0) is 11.0. The van der Waals surface area contributed by atoms with Crippen molar-refractivity contribution in [2.45, 2.75) is 19.3 Å². The Balaban J connectivity index is 1.75. The van der Waals surface area contributed by atoms with E-state index in [2.05, 4.69) is 9.88 Å². The van der Waals surface area contributed by atoms with Crippen LogP contribution < -0.4 is 4.90 Å². The van der Waals surface area contributed by atoms with E-state index in [4.69, 9.17) is 0 Å². The molecule has 0 bridgehead atoms. The highest BCUT2D eigenvalue weighted by Gasteiger charge is 2.36. The summed E-state index contributed by atoms with van der Waals surface area (Å²) in [5.41, 5.74) is 0.656. The maximum atomic E-state index is 10.5. The smallest absolute Gasteiger partial charge is 0.151 e. The van der Waals surface area contributed by atoms with Gasteiger partial charge in [0.25, 0.3) is 0 Å². The average molecular weight is 216 g/mol. The fourth-order valence-corrected chi connectivity index (χ4v) is 3.08. The first-order chi connectivity index (χ1) is 7.86. The van der Waals surface area contributed by atoms with Crippen LogP contribution in [0.1, 0.15) is 29.6 Å². The quantitative estimate of drug-likeness (QED) is 0.710. The largest absolute Gasteiger partial charge is 0.356 e. The highest BCUT2D eigenvalue weighted by atomic mass is 16.1. The Kier molecular flexibility index (Phi) is 2.39. The first kappa shape index (κ1) is 9.82. The van der Waals surface area contributed by atoms with Crippen LogP contribution in [-0.2, 0) is 0 Å². The van der Waals surface area contributed by atoms with Gasteiger partial charge in [0.1, 0.15) is 5.82 Å². The van der Waals surface area contributed by atoms with E-state index in [-0.39, 0.29) is 0 Å². The number of carbonyl (C=O) groups excluding carboxylic acids is 1. The summed E-state index contributed by atoms with van der Waals surface area (Å²) in [4.78, 5) is 17.3. The van der Waals surface area contributed by atoms with Gasteiger partial charge in [-0.05, 0) is 36.8 Å². The van der Waals surface area contributed by atoms with Crippen LogP contribution in [0, 0.1) is 11.8 Å². The zero-order valence-electron chi connectivity index (χ0n) is 9.30. The molecule has 2 heterocycles. The second-order valence-corrected chi connectivity index (χ2v) is 4.92. The molecular formula is C13H16N2O. The number of aromatic nitrogens is 1. The van der Waals surface area contributed by atoms with Gasteiger partial charge in [-0.3, -0.25) is 4.79 Å². The zero-order valence-corrected chi connectivity index (χ0v) is 9.30. The maximum Gasteiger partial charge on any atom is 0.151 e. The van der Waals surface area contributed by atoms with Crippen LogP contribution in [-0.4, -0.2) is 24.4 Å². The molecule has 2 fully saturated rings. The molecule has 1 saturated carbocycles. The molecule has 3 nitrogen and oxygen atoms in total. The van der Waals surface area contributed by atoms with Gasteiger partial charge in [0.2, 0.25) is 0 Å². The summed E-state index contributed by atoms with van der Waals surface area (Å²) in [5.74, 6) is 2.79. The van der Waals surface area contributed by atoms with Crippen molar-refractivity contribution in [2.75, 3.05) is 18.0 Å². The molecule has 84 valence electrons. The number of carbonyl (C=O) groups is 1. The lowest BCUT2D eigenvalue weighted by molar-refractivity contribution is 0.112. The third kappa shape index (κ3) is 1.60. The lowest BCUT2D eigenvalue weighted by atomic mass is 10.0. The minimum absolute atomic E-state index is 0.656. The molecular weight excluding hydrogens is 200 g/mol. The Morgan fingerprint density at radius 3 is 2.56 bits per heavy atom. The fraction of sp³-hybridized carbons (Fsp3) is 0.538. The minimum atomic E-state index is 0.656. The third-order valence-corrected chi connectivity index (χ3v) is 3.96. The van der Waals surface area contributed by atoms with Crippen LogP contribution >= 0.6 is 0 Å². The molecule has 0 N–H and O–H groups in total. The highest BCUT2D eigenvalue weighted by molar-refractivity contribution is 5.74. The molecule has 1 saturated heterocycles. The van der Waals surface area contributed by atoms with Gasteiger partial charge in [0.05, 0.1) is 0 Å². The normalized spacial score (nSPS) is 28.1. The van der Waals surface area contributed by atoms with Crippen molar-refractivity contribution in [1.29, 1.82) is 0 Å². The van der Waals surface area contributed by atoms with Gasteiger partial charge in [-0.2, -0.15) is 0 Å². The average Bonchev–Trinajstić information content (AvgIpc) is 2.89. The molecule has 0 aromatic carbocycles. The van der Waals surface area contributed by atoms with Gasteiger partial charge in [0, 0.05) is 24.8 Å². The molecule has 2 aliphatic rings. The van der Waals surface area contributed by atoms with E-state index >= 15 is 0 Å². The number of aldehydes is 1. The van der Waals surface area contributed by atoms with Crippen molar-refractivity contribution in [2.24, 2.45) is 11.8 Å². The predicted octanol–water partition coefficient (Wildman–Crippen LogP) is 2.13. The van der Waals surface area contributed by atoms with E-state index < -0.39 is 0 Å². The molecule has 3 heteroatoms. The molecule has 1 aromatic rings. The van der Waals surface area contributed by atoms with Gasteiger partial charge < -0.3 is 4.90 Å². The van der Waals surface area contributed by atoms with Crippen LogP contribution in [0.15, 0.2) is 18.3 Å². The van der Waals surface area contributed by atoms with Crippen molar-refractivity contribution >= 4 is 12.1 Å². The topological polar surface area (TPSA) is 33.2 Å². The van der Waals surface area contributed by atoms with Crippen LogP contribution in [0.2, 0.25) is 0 Å². The Morgan fingerprint density at radius 1 is 1.25 bits per heavy atom. The number of fused-ring (bicyclic) bond motifs is 1. The van der Waals surface area contributed by atoms with E-state index in [1.54, 1.807) is 6.20 Å². The Morgan fingerprint density at radius 2 is 2.00 bits per heavy atom. The summed E-state index contributed by atoms with van der Waals surface area (Å²) < 4.78 is 0. The number of anilines is 1. The molecule has 1 aliphatic heterocycles. The van der Waals surface area contributed by atoms with Crippen molar-refractivity contribution in [3.8, 4) is 0 Å². The first-order valence-corrected chi connectivity index (χ1v) is 6.03. The van der Waals surface area contributed by atoms with E-state index in [1.165, 1.54) is 19.3 Å². The van der Waals surface area contributed by atoms with Crippen LogP contribution in [0.3, 0.4) is 0 Å². The van der Waals surface area contributed by atoms with Gasteiger partial charge in [-0.25, -0.2) is 4.98 Å². The number of nitrogens with zero attached hydrogens (tertiary/aromatic N) is 2. The summed E-state index contributed by atoms with van der Waals surface area (Å²) >= 11 is 0. The molecule has 0 radical (unpaired) electrons. The van der Waals surface area contributed by atoms with E-state index in [9.17, 15) is 4.79 Å². The maximum absolute atomic E-state index is 10.5. The second-order valence-electron chi connectivity index (χ2n) is 4.92. The lowest BCUT2D eigenvalue weighted by Crippen LogP contribution is -2.21.